The van der Waals surface area contributed by atoms with Crippen molar-refractivity contribution in [3.8, 4) is 0 Å². The Morgan fingerprint density at radius 2 is 2.00 bits per heavy atom. The molecule has 5 rings (SSSR count). The molecule has 1 aliphatic rings. The van der Waals surface area contributed by atoms with Crippen molar-refractivity contribution in [2.75, 3.05) is 31.6 Å². The zero-order valence-electron chi connectivity index (χ0n) is 18.3. The molecule has 1 aromatic carbocycles. The van der Waals surface area contributed by atoms with Crippen LogP contribution in [0.1, 0.15) is 22.5 Å². The molecular formula is C24H24ClFN6O. The Morgan fingerprint density at radius 3 is 2.76 bits per heavy atom. The Hall–Kier alpha value is -3.07. The van der Waals surface area contributed by atoms with Crippen LogP contribution in [-0.4, -0.2) is 50.8 Å². The number of ether oxygens (including phenoxy) is 1. The average molecular weight is 467 g/mol. The summed E-state index contributed by atoms with van der Waals surface area (Å²) in [6.07, 6.45) is 3.83. The predicted octanol–water partition coefficient (Wildman–Crippen LogP) is 4.39. The van der Waals surface area contributed by atoms with Crippen molar-refractivity contribution < 1.29 is 9.13 Å². The SMILES string of the molecule is Cc1nc2c(CN3CCOCC3)cc(Nc3cccnc3)nn2c1Cc1ccc(Cl)cc1F. The largest absolute Gasteiger partial charge is 0.379 e. The summed E-state index contributed by atoms with van der Waals surface area (Å²) >= 11 is 5.94. The Morgan fingerprint density at radius 1 is 1.15 bits per heavy atom. The van der Waals surface area contributed by atoms with Gasteiger partial charge >= 0.3 is 0 Å². The van der Waals surface area contributed by atoms with Crippen LogP contribution in [-0.2, 0) is 17.7 Å². The van der Waals surface area contributed by atoms with Gasteiger partial charge in [0.15, 0.2) is 11.5 Å². The molecule has 0 bridgehead atoms. The first-order chi connectivity index (χ1) is 16.1. The highest BCUT2D eigenvalue weighted by Gasteiger charge is 2.19. The summed E-state index contributed by atoms with van der Waals surface area (Å²) in [5, 5.41) is 8.52. The highest BCUT2D eigenvalue weighted by atomic mass is 35.5. The third-order valence-electron chi connectivity index (χ3n) is 5.76. The second kappa shape index (κ2) is 9.43. The minimum Gasteiger partial charge on any atom is -0.379 e. The van der Waals surface area contributed by atoms with E-state index in [9.17, 15) is 4.39 Å². The van der Waals surface area contributed by atoms with Gasteiger partial charge in [0, 0.05) is 42.8 Å². The smallest absolute Gasteiger partial charge is 0.158 e. The van der Waals surface area contributed by atoms with Crippen molar-refractivity contribution in [2.45, 2.75) is 19.9 Å². The van der Waals surface area contributed by atoms with E-state index in [0.29, 0.717) is 22.8 Å². The number of aromatic nitrogens is 4. The summed E-state index contributed by atoms with van der Waals surface area (Å²) in [5.74, 6) is 0.337. The lowest BCUT2D eigenvalue weighted by Crippen LogP contribution is -2.35. The quantitative estimate of drug-likeness (QED) is 0.454. The van der Waals surface area contributed by atoms with Crippen molar-refractivity contribution in [3.63, 3.8) is 0 Å². The highest BCUT2D eigenvalue weighted by Crippen LogP contribution is 2.25. The van der Waals surface area contributed by atoms with E-state index in [2.05, 4.69) is 15.2 Å². The summed E-state index contributed by atoms with van der Waals surface area (Å²) in [6.45, 7) is 5.82. The molecule has 0 spiro atoms. The zero-order valence-corrected chi connectivity index (χ0v) is 19.0. The second-order valence-electron chi connectivity index (χ2n) is 8.10. The van der Waals surface area contributed by atoms with Gasteiger partial charge < -0.3 is 10.1 Å². The number of anilines is 2. The molecule has 0 saturated carbocycles. The molecule has 4 heterocycles. The lowest BCUT2D eigenvalue weighted by molar-refractivity contribution is 0.0343. The number of hydrogen-bond acceptors (Lipinski definition) is 6. The summed E-state index contributed by atoms with van der Waals surface area (Å²) < 4.78 is 21.9. The molecule has 9 heteroatoms. The van der Waals surface area contributed by atoms with E-state index in [1.807, 2.05) is 29.6 Å². The monoisotopic (exact) mass is 466 g/mol. The van der Waals surface area contributed by atoms with E-state index in [1.165, 1.54) is 6.07 Å². The minimum atomic E-state index is -0.338. The Labute approximate surface area is 196 Å². The standard InChI is InChI=1S/C24H24ClFN6O/c1-16-22(11-17-4-5-19(25)13-21(17)26)32-24(28-16)18(15-31-7-9-33-10-8-31)12-23(30-32)29-20-3-2-6-27-14-20/h2-6,12-14H,7-11,15H2,1H3,(H,29,30). The van der Waals surface area contributed by atoms with Gasteiger partial charge in [0.25, 0.3) is 0 Å². The summed E-state index contributed by atoms with van der Waals surface area (Å²) in [6, 6.07) is 10.6. The van der Waals surface area contributed by atoms with Gasteiger partial charge in [-0.05, 0) is 42.8 Å². The van der Waals surface area contributed by atoms with E-state index < -0.39 is 0 Å². The van der Waals surface area contributed by atoms with Crippen molar-refractivity contribution in [1.29, 1.82) is 0 Å². The fourth-order valence-corrected chi connectivity index (χ4v) is 4.20. The molecule has 0 unspecified atom stereocenters. The van der Waals surface area contributed by atoms with Gasteiger partial charge in [-0.1, -0.05) is 17.7 Å². The molecular weight excluding hydrogens is 443 g/mol. The average Bonchev–Trinajstić information content (AvgIpc) is 3.12. The molecule has 33 heavy (non-hydrogen) atoms. The van der Waals surface area contributed by atoms with Crippen LogP contribution in [0, 0.1) is 12.7 Å². The number of fused-ring (bicyclic) bond motifs is 1. The molecule has 1 saturated heterocycles. The van der Waals surface area contributed by atoms with Crippen LogP contribution in [0.5, 0.6) is 0 Å². The summed E-state index contributed by atoms with van der Waals surface area (Å²) in [4.78, 5) is 11.3. The second-order valence-corrected chi connectivity index (χ2v) is 8.54. The Bertz CT molecular complexity index is 1270. The number of halogens is 2. The number of nitrogens with one attached hydrogen (secondary N) is 1. The van der Waals surface area contributed by atoms with Crippen LogP contribution in [0.3, 0.4) is 0 Å². The highest BCUT2D eigenvalue weighted by molar-refractivity contribution is 6.30. The van der Waals surface area contributed by atoms with Crippen LogP contribution in [0.15, 0.2) is 48.8 Å². The van der Waals surface area contributed by atoms with Gasteiger partial charge in [-0.2, -0.15) is 0 Å². The molecule has 1 fully saturated rings. The first-order valence-electron chi connectivity index (χ1n) is 10.9. The number of aryl methyl sites for hydroxylation is 1. The number of morpholine rings is 1. The van der Waals surface area contributed by atoms with Crippen LogP contribution in [0.4, 0.5) is 15.9 Å². The molecule has 0 amide bonds. The van der Waals surface area contributed by atoms with E-state index in [1.54, 1.807) is 24.5 Å². The lowest BCUT2D eigenvalue weighted by atomic mass is 10.1. The van der Waals surface area contributed by atoms with Crippen molar-refractivity contribution >= 4 is 28.8 Å². The maximum atomic E-state index is 14.6. The molecule has 4 aromatic rings. The lowest BCUT2D eigenvalue weighted by Gasteiger charge is -2.26. The normalized spacial score (nSPS) is 14.6. The van der Waals surface area contributed by atoms with Gasteiger partial charge in [-0.15, -0.1) is 5.10 Å². The summed E-state index contributed by atoms with van der Waals surface area (Å²) in [7, 11) is 0. The zero-order chi connectivity index (χ0) is 22.8. The van der Waals surface area contributed by atoms with Gasteiger partial charge in [-0.25, -0.2) is 13.9 Å². The van der Waals surface area contributed by atoms with Crippen LogP contribution < -0.4 is 5.32 Å². The maximum Gasteiger partial charge on any atom is 0.158 e. The van der Waals surface area contributed by atoms with E-state index in [-0.39, 0.29) is 5.82 Å². The van der Waals surface area contributed by atoms with E-state index in [4.69, 9.17) is 26.4 Å². The van der Waals surface area contributed by atoms with E-state index >= 15 is 0 Å². The first-order valence-corrected chi connectivity index (χ1v) is 11.2. The molecule has 1 aliphatic heterocycles. The molecule has 7 nitrogen and oxygen atoms in total. The predicted molar refractivity (Wildman–Crippen MR) is 126 cm³/mol. The third-order valence-corrected chi connectivity index (χ3v) is 5.99. The van der Waals surface area contributed by atoms with Gasteiger partial charge in [-0.3, -0.25) is 9.88 Å². The van der Waals surface area contributed by atoms with Gasteiger partial charge in [0.05, 0.1) is 36.5 Å². The van der Waals surface area contributed by atoms with Crippen LogP contribution in [0.25, 0.3) is 5.65 Å². The van der Waals surface area contributed by atoms with E-state index in [0.717, 1.165) is 61.1 Å². The molecule has 0 radical (unpaired) electrons. The number of benzene rings is 1. The number of hydrogen-bond donors (Lipinski definition) is 1. The van der Waals surface area contributed by atoms with Crippen molar-refractivity contribution in [1.82, 2.24) is 24.5 Å². The maximum absolute atomic E-state index is 14.6. The molecule has 1 N–H and O–H groups in total. The third kappa shape index (κ3) is 4.83. The van der Waals surface area contributed by atoms with Gasteiger partial charge in [0.2, 0.25) is 0 Å². The fraction of sp³-hybridized carbons (Fsp3) is 0.292. The molecule has 0 atom stereocenters. The van der Waals surface area contributed by atoms with Gasteiger partial charge in [0.1, 0.15) is 5.82 Å². The molecule has 0 aliphatic carbocycles. The fourth-order valence-electron chi connectivity index (χ4n) is 4.04. The van der Waals surface area contributed by atoms with Crippen molar-refractivity contribution in [3.05, 3.63) is 82.1 Å². The van der Waals surface area contributed by atoms with Crippen LogP contribution in [0.2, 0.25) is 5.02 Å². The minimum absolute atomic E-state index is 0.338. The summed E-state index contributed by atoms with van der Waals surface area (Å²) in [5.41, 5.74) is 4.86. The number of imidazole rings is 1. The Balaban J connectivity index is 1.57. The topological polar surface area (TPSA) is 67.6 Å². The number of rotatable bonds is 6. The first kappa shape index (κ1) is 21.8. The number of pyridine rings is 1. The molecule has 170 valence electrons. The van der Waals surface area contributed by atoms with Crippen LogP contribution >= 0.6 is 11.6 Å². The number of nitrogens with zero attached hydrogens (tertiary/aromatic N) is 5. The Kier molecular flexibility index (Phi) is 6.22. The molecule has 3 aromatic heterocycles. The van der Waals surface area contributed by atoms with Crippen molar-refractivity contribution in [2.24, 2.45) is 0 Å².